The van der Waals surface area contributed by atoms with Gasteiger partial charge in [-0.15, -0.1) is 0 Å². The Hall–Kier alpha value is -0.160. The Morgan fingerprint density at radius 2 is 2.08 bits per heavy atom. The van der Waals surface area contributed by atoms with Crippen molar-refractivity contribution in [3.63, 3.8) is 0 Å². The molecule has 4 atom stereocenters. The van der Waals surface area contributed by atoms with Gasteiger partial charge in [-0.2, -0.15) is 0 Å². The van der Waals surface area contributed by atoms with Crippen molar-refractivity contribution in [2.75, 3.05) is 6.61 Å². The molecule has 1 rings (SSSR count). The summed E-state index contributed by atoms with van der Waals surface area (Å²) in [7, 11) is 0. The van der Waals surface area contributed by atoms with Gasteiger partial charge in [-0.25, -0.2) is 0 Å². The molecule has 4 nitrogen and oxygen atoms in total. The average molecular weight is 175 g/mol. The first kappa shape index (κ1) is 9.92. The van der Waals surface area contributed by atoms with Crippen molar-refractivity contribution in [1.29, 1.82) is 0 Å². The normalized spacial score (nSPS) is 43.0. The average Bonchev–Trinajstić information content (AvgIpc) is 2.09. The second-order valence-electron chi connectivity index (χ2n) is 3.35. The molecule has 0 unspecified atom stereocenters. The molecular formula is C8H17NO3. The SMILES string of the molecule is CC[C@@H]1C[C@@H](O)[C@H](O)[C@@H](CO)N1. The lowest BCUT2D eigenvalue weighted by Crippen LogP contribution is -2.58. The first-order chi connectivity index (χ1) is 5.69. The number of piperidine rings is 1. The molecule has 0 radical (unpaired) electrons. The van der Waals surface area contributed by atoms with Gasteiger partial charge in [-0.3, -0.25) is 0 Å². The van der Waals surface area contributed by atoms with Crippen molar-refractivity contribution in [3.8, 4) is 0 Å². The maximum Gasteiger partial charge on any atom is 0.0974 e. The summed E-state index contributed by atoms with van der Waals surface area (Å²) in [5.41, 5.74) is 0. The fraction of sp³-hybridized carbons (Fsp3) is 1.00. The molecule has 4 heteroatoms. The van der Waals surface area contributed by atoms with Crippen molar-refractivity contribution in [2.24, 2.45) is 0 Å². The van der Waals surface area contributed by atoms with Crippen LogP contribution in [-0.2, 0) is 0 Å². The Bertz CT molecular complexity index is 142. The zero-order valence-corrected chi connectivity index (χ0v) is 7.27. The summed E-state index contributed by atoms with van der Waals surface area (Å²) in [6.07, 6.45) is -0.0693. The van der Waals surface area contributed by atoms with E-state index in [-0.39, 0.29) is 18.7 Å². The van der Waals surface area contributed by atoms with E-state index in [4.69, 9.17) is 5.11 Å². The summed E-state index contributed by atoms with van der Waals surface area (Å²) in [4.78, 5) is 0. The van der Waals surface area contributed by atoms with Gasteiger partial charge in [0, 0.05) is 6.04 Å². The molecule has 0 spiro atoms. The highest BCUT2D eigenvalue weighted by Gasteiger charge is 2.33. The summed E-state index contributed by atoms with van der Waals surface area (Å²) in [6, 6.07) is -0.167. The van der Waals surface area contributed by atoms with Gasteiger partial charge >= 0.3 is 0 Å². The summed E-state index contributed by atoms with van der Waals surface area (Å²) < 4.78 is 0. The first-order valence-electron chi connectivity index (χ1n) is 4.42. The molecular weight excluding hydrogens is 158 g/mol. The highest BCUT2D eigenvalue weighted by molar-refractivity contribution is 4.91. The Morgan fingerprint density at radius 1 is 1.42 bits per heavy atom. The van der Waals surface area contributed by atoms with E-state index in [2.05, 4.69) is 5.32 Å². The summed E-state index contributed by atoms with van der Waals surface area (Å²) in [5, 5.41) is 30.7. The smallest absolute Gasteiger partial charge is 0.0974 e. The maximum atomic E-state index is 9.38. The molecule has 12 heavy (non-hydrogen) atoms. The van der Waals surface area contributed by atoms with Crippen LogP contribution in [0.2, 0.25) is 0 Å². The van der Waals surface area contributed by atoms with Crippen LogP contribution in [0.25, 0.3) is 0 Å². The minimum absolute atomic E-state index is 0.130. The van der Waals surface area contributed by atoms with Crippen molar-refractivity contribution in [3.05, 3.63) is 0 Å². The van der Waals surface area contributed by atoms with Gasteiger partial charge in [0.15, 0.2) is 0 Å². The number of nitrogens with one attached hydrogen (secondary N) is 1. The summed E-state index contributed by atoms with van der Waals surface area (Å²) >= 11 is 0. The standard InChI is InChI=1S/C8H17NO3/c1-2-5-3-7(11)8(12)6(4-10)9-5/h5-12H,2-4H2,1H3/t5-,6-,7-,8-/m1/s1. The molecule has 0 amide bonds. The lowest BCUT2D eigenvalue weighted by atomic mass is 9.92. The third-order valence-electron chi connectivity index (χ3n) is 2.47. The third kappa shape index (κ3) is 1.95. The van der Waals surface area contributed by atoms with E-state index < -0.39 is 12.2 Å². The van der Waals surface area contributed by atoms with Crippen molar-refractivity contribution in [2.45, 2.75) is 44.1 Å². The van der Waals surface area contributed by atoms with Gasteiger partial charge < -0.3 is 20.6 Å². The van der Waals surface area contributed by atoms with Gasteiger partial charge in [0.2, 0.25) is 0 Å². The van der Waals surface area contributed by atoms with Crippen molar-refractivity contribution >= 4 is 0 Å². The van der Waals surface area contributed by atoms with Crippen LogP contribution in [0.15, 0.2) is 0 Å². The predicted molar refractivity (Wildman–Crippen MR) is 44.7 cm³/mol. The van der Waals surface area contributed by atoms with Gasteiger partial charge in [0.25, 0.3) is 0 Å². The van der Waals surface area contributed by atoms with Crippen molar-refractivity contribution in [1.82, 2.24) is 5.32 Å². The highest BCUT2D eigenvalue weighted by Crippen LogP contribution is 2.15. The second kappa shape index (κ2) is 4.18. The fourth-order valence-corrected chi connectivity index (χ4v) is 1.61. The molecule has 0 bridgehead atoms. The second-order valence-corrected chi connectivity index (χ2v) is 3.35. The Balaban J connectivity index is 2.52. The van der Waals surface area contributed by atoms with Gasteiger partial charge in [-0.05, 0) is 12.8 Å². The summed E-state index contributed by atoms with van der Waals surface area (Å²) in [6.45, 7) is 1.88. The molecule has 1 fully saturated rings. The lowest BCUT2D eigenvalue weighted by Gasteiger charge is -2.36. The molecule has 0 aromatic rings. The predicted octanol–water partition coefficient (Wildman–Crippen LogP) is -1.16. The number of hydrogen-bond acceptors (Lipinski definition) is 4. The Kier molecular flexibility index (Phi) is 3.46. The van der Waals surface area contributed by atoms with E-state index in [9.17, 15) is 10.2 Å². The molecule has 0 aromatic heterocycles. The van der Waals surface area contributed by atoms with Crippen LogP contribution >= 0.6 is 0 Å². The van der Waals surface area contributed by atoms with E-state index in [1.165, 1.54) is 0 Å². The number of aliphatic hydroxyl groups excluding tert-OH is 3. The van der Waals surface area contributed by atoms with E-state index >= 15 is 0 Å². The highest BCUT2D eigenvalue weighted by atomic mass is 16.3. The first-order valence-corrected chi connectivity index (χ1v) is 4.42. The van der Waals surface area contributed by atoms with Crippen LogP contribution in [0, 0.1) is 0 Å². The van der Waals surface area contributed by atoms with Crippen LogP contribution < -0.4 is 5.32 Å². The molecule has 0 aromatic carbocycles. The number of hydrogen-bond donors (Lipinski definition) is 4. The zero-order chi connectivity index (χ0) is 9.14. The topological polar surface area (TPSA) is 72.7 Å². The third-order valence-corrected chi connectivity index (χ3v) is 2.47. The van der Waals surface area contributed by atoms with Crippen LogP contribution in [0.3, 0.4) is 0 Å². The number of aliphatic hydroxyl groups is 3. The number of rotatable bonds is 2. The Morgan fingerprint density at radius 3 is 2.58 bits per heavy atom. The van der Waals surface area contributed by atoms with E-state index in [0.29, 0.717) is 6.42 Å². The van der Waals surface area contributed by atoms with Crippen molar-refractivity contribution < 1.29 is 15.3 Å². The maximum absolute atomic E-state index is 9.38. The molecule has 1 aliphatic heterocycles. The summed E-state index contributed by atoms with van der Waals surface area (Å²) in [5.74, 6) is 0. The van der Waals surface area contributed by atoms with Crippen LogP contribution in [0.5, 0.6) is 0 Å². The zero-order valence-electron chi connectivity index (χ0n) is 7.27. The molecule has 1 aliphatic rings. The molecule has 1 heterocycles. The van der Waals surface area contributed by atoms with Crippen LogP contribution in [0.4, 0.5) is 0 Å². The fourth-order valence-electron chi connectivity index (χ4n) is 1.61. The quantitative estimate of drug-likeness (QED) is 0.427. The van der Waals surface area contributed by atoms with E-state index in [1.807, 2.05) is 6.92 Å². The lowest BCUT2D eigenvalue weighted by molar-refractivity contribution is -0.0512. The molecule has 1 saturated heterocycles. The molecule has 0 saturated carbocycles. The monoisotopic (exact) mass is 175 g/mol. The van der Waals surface area contributed by atoms with E-state index in [0.717, 1.165) is 6.42 Å². The van der Waals surface area contributed by atoms with Crippen LogP contribution in [0.1, 0.15) is 19.8 Å². The molecule has 4 N–H and O–H groups in total. The minimum Gasteiger partial charge on any atom is -0.395 e. The molecule has 0 aliphatic carbocycles. The Labute approximate surface area is 72.2 Å². The van der Waals surface area contributed by atoms with Gasteiger partial charge in [-0.1, -0.05) is 6.92 Å². The van der Waals surface area contributed by atoms with Gasteiger partial charge in [0.1, 0.15) is 0 Å². The largest absolute Gasteiger partial charge is 0.395 e. The van der Waals surface area contributed by atoms with E-state index in [1.54, 1.807) is 0 Å². The minimum atomic E-state index is -0.835. The molecule has 72 valence electrons. The van der Waals surface area contributed by atoms with Crippen LogP contribution in [-0.4, -0.2) is 46.2 Å². The van der Waals surface area contributed by atoms with Gasteiger partial charge in [0.05, 0.1) is 24.9 Å².